The molecule has 126 valence electrons. The Labute approximate surface area is 141 Å². The van der Waals surface area contributed by atoms with Gasteiger partial charge in [0.05, 0.1) is 0 Å². The van der Waals surface area contributed by atoms with E-state index in [4.69, 9.17) is 9.47 Å². The number of hydrogen-bond acceptors (Lipinski definition) is 4. The summed E-state index contributed by atoms with van der Waals surface area (Å²) in [7, 11) is 0. The molecule has 2 rings (SSSR count). The third-order valence-electron chi connectivity index (χ3n) is 3.34. The number of carbonyl (C=O) groups excluding carboxylic acids is 2. The van der Waals surface area contributed by atoms with E-state index in [-0.39, 0.29) is 12.3 Å². The molecule has 0 spiro atoms. The second-order valence-electron chi connectivity index (χ2n) is 5.27. The van der Waals surface area contributed by atoms with Crippen molar-refractivity contribution in [3.05, 3.63) is 60.2 Å². The fraction of sp³-hybridized carbons (Fsp3) is 0.263. The molecule has 0 aliphatic heterocycles. The summed E-state index contributed by atoms with van der Waals surface area (Å²) in [5, 5.41) is 2.70. The average Bonchev–Trinajstić information content (AvgIpc) is 2.61. The molecule has 1 atom stereocenters. The Morgan fingerprint density at radius 2 is 1.71 bits per heavy atom. The highest BCUT2D eigenvalue weighted by Gasteiger charge is 2.16. The first kappa shape index (κ1) is 17.5. The smallest absolute Gasteiger partial charge is 0.306 e. The van der Waals surface area contributed by atoms with Crippen LogP contribution in [0.1, 0.15) is 25.8 Å². The van der Waals surface area contributed by atoms with E-state index in [2.05, 4.69) is 5.32 Å². The van der Waals surface area contributed by atoms with Gasteiger partial charge < -0.3 is 14.8 Å². The van der Waals surface area contributed by atoms with Gasteiger partial charge in [0.2, 0.25) is 0 Å². The minimum atomic E-state index is -0.827. The molecule has 5 nitrogen and oxygen atoms in total. The lowest BCUT2D eigenvalue weighted by molar-refractivity contribution is -0.152. The molecule has 2 aromatic carbocycles. The summed E-state index contributed by atoms with van der Waals surface area (Å²) in [4.78, 5) is 23.1. The third-order valence-corrected chi connectivity index (χ3v) is 3.34. The molecule has 0 fully saturated rings. The molecule has 0 saturated heterocycles. The topological polar surface area (TPSA) is 64.6 Å². The number of ether oxygens (including phenoxy) is 2. The Hall–Kier alpha value is -2.82. The zero-order chi connectivity index (χ0) is 17.4. The minimum Gasteiger partial charge on any atom is -0.489 e. The van der Waals surface area contributed by atoms with Crippen LogP contribution in [0.4, 0.5) is 5.69 Å². The number of carbonyl (C=O) groups is 2. The summed E-state index contributed by atoms with van der Waals surface area (Å²) in [6.45, 7) is 3.71. The molecule has 1 unspecified atom stereocenters. The summed E-state index contributed by atoms with van der Waals surface area (Å²) in [6.07, 6.45) is -0.586. The number of benzene rings is 2. The van der Waals surface area contributed by atoms with Gasteiger partial charge in [-0.3, -0.25) is 9.59 Å². The molecular formula is C19H21NO4. The van der Waals surface area contributed by atoms with Crippen LogP contribution in [0.15, 0.2) is 54.6 Å². The Morgan fingerprint density at radius 1 is 1.04 bits per heavy atom. The van der Waals surface area contributed by atoms with Crippen molar-refractivity contribution in [3.8, 4) is 5.75 Å². The standard InChI is InChI=1S/C19H21NO4/c1-3-18(21)24-14(2)19(22)20-16-9-11-17(12-10-16)23-13-15-7-5-4-6-8-15/h4-12,14H,3,13H2,1-2H3,(H,20,22). The predicted molar refractivity (Wildman–Crippen MR) is 91.7 cm³/mol. The van der Waals surface area contributed by atoms with Gasteiger partial charge in [0.1, 0.15) is 12.4 Å². The second-order valence-corrected chi connectivity index (χ2v) is 5.27. The van der Waals surface area contributed by atoms with E-state index in [1.807, 2.05) is 30.3 Å². The summed E-state index contributed by atoms with van der Waals surface area (Å²) < 4.78 is 10.7. The highest BCUT2D eigenvalue weighted by atomic mass is 16.5. The number of esters is 1. The maximum atomic E-state index is 11.9. The molecule has 0 bridgehead atoms. The van der Waals surface area contributed by atoms with Crippen LogP contribution < -0.4 is 10.1 Å². The third kappa shape index (κ3) is 5.43. The molecule has 0 saturated carbocycles. The molecule has 0 aliphatic carbocycles. The van der Waals surface area contributed by atoms with Crippen LogP contribution in [0.2, 0.25) is 0 Å². The molecular weight excluding hydrogens is 306 g/mol. The zero-order valence-corrected chi connectivity index (χ0v) is 13.8. The van der Waals surface area contributed by atoms with E-state index >= 15 is 0 Å². The molecule has 1 N–H and O–H groups in total. The lowest BCUT2D eigenvalue weighted by atomic mass is 10.2. The van der Waals surface area contributed by atoms with Crippen molar-refractivity contribution in [3.63, 3.8) is 0 Å². The predicted octanol–water partition coefficient (Wildman–Crippen LogP) is 3.55. The van der Waals surface area contributed by atoms with Gasteiger partial charge >= 0.3 is 5.97 Å². The quantitative estimate of drug-likeness (QED) is 0.790. The Kier molecular flexibility index (Phi) is 6.37. The lowest BCUT2D eigenvalue weighted by Gasteiger charge is -2.13. The summed E-state index contributed by atoms with van der Waals surface area (Å²) in [6, 6.07) is 16.9. The van der Waals surface area contributed by atoms with Crippen molar-refractivity contribution in [1.29, 1.82) is 0 Å². The Bertz CT molecular complexity index is 668. The van der Waals surface area contributed by atoms with Gasteiger partial charge in [-0.15, -0.1) is 0 Å². The normalized spacial score (nSPS) is 11.4. The number of anilines is 1. The summed E-state index contributed by atoms with van der Waals surface area (Å²) in [5.74, 6) is -0.0561. The van der Waals surface area contributed by atoms with E-state index in [9.17, 15) is 9.59 Å². The SMILES string of the molecule is CCC(=O)OC(C)C(=O)Nc1ccc(OCc2ccccc2)cc1. The molecule has 1 amide bonds. The first-order valence-corrected chi connectivity index (χ1v) is 7.85. The molecule has 0 aliphatic rings. The van der Waals surface area contributed by atoms with Crippen molar-refractivity contribution < 1.29 is 19.1 Å². The number of hydrogen-bond donors (Lipinski definition) is 1. The fourth-order valence-electron chi connectivity index (χ4n) is 1.95. The largest absolute Gasteiger partial charge is 0.489 e. The first-order valence-electron chi connectivity index (χ1n) is 7.85. The molecule has 0 aromatic heterocycles. The van der Waals surface area contributed by atoms with Crippen molar-refractivity contribution in [2.45, 2.75) is 33.0 Å². The van der Waals surface area contributed by atoms with Crippen LogP contribution in [0.5, 0.6) is 5.75 Å². The molecule has 24 heavy (non-hydrogen) atoms. The number of nitrogens with one attached hydrogen (secondary N) is 1. The van der Waals surface area contributed by atoms with E-state index < -0.39 is 12.1 Å². The van der Waals surface area contributed by atoms with Crippen molar-refractivity contribution in [2.75, 3.05) is 5.32 Å². The average molecular weight is 327 g/mol. The highest BCUT2D eigenvalue weighted by molar-refractivity contribution is 5.95. The van der Waals surface area contributed by atoms with Gasteiger partial charge in [-0.2, -0.15) is 0 Å². The Balaban J connectivity index is 1.85. The van der Waals surface area contributed by atoms with Crippen LogP contribution >= 0.6 is 0 Å². The van der Waals surface area contributed by atoms with Crippen molar-refractivity contribution in [1.82, 2.24) is 0 Å². The van der Waals surface area contributed by atoms with Crippen molar-refractivity contribution >= 4 is 17.6 Å². The van der Waals surface area contributed by atoms with Crippen LogP contribution in [0.3, 0.4) is 0 Å². The molecule has 5 heteroatoms. The molecule has 0 heterocycles. The van der Waals surface area contributed by atoms with Gasteiger partial charge in [-0.1, -0.05) is 37.3 Å². The van der Waals surface area contributed by atoms with E-state index in [0.29, 0.717) is 18.0 Å². The van der Waals surface area contributed by atoms with Gasteiger partial charge in [0, 0.05) is 12.1 Å². The number of amides is 1. The second kappa shape index (κ2) is 8.72. The zero-order valence-electron chi connectivity index (χ0n) is 13.8. The summed E-state index contributed by atoms with van der Waals surface area (Å²) >= 11 is 0. The Morgan fingerprint density at radius 3 is 2.33 bits per heavy atom. The van der Waals surface area contributed by atoms with E-state index in [1.165, 1.54) is 0 Å². The van der Waals surface area contributed by atoms with Gasteiger partial charge in [0.15, 0.2) is 6.10 Å². The first-order chi connectivity index (χ1) is 11.6. The summed E-state index contributed by atoms with van der Waals surface area (Å²) in [5.41, 5.74) is 1.70. The highest BCUT2D eigenvalue weighted by Crippen LogP contribution is 2.17. The minimum absolute atomic E-state index is 0.241. The van der Waals surface area contributed by atoms with Crippen LogP contribution in [-0.4, -0.2) is 18.0 Å². The van der Waals surface area contributed by atoms with Crippen molar-refractivity contribution in [2.24, 2.45) is 0 Å². The molecule has 2 aromatic rings. The van der Waals surface area contributed by atoms with E-state index in [1.54, 1.807) is 38.1 Å². The van der Waals surface area contributed by atoms with Crippen LogP contribution in [0, 0.1) is 0 Å². The lowest BCUT2D eigenvalue weighted by Crippen LogP contribution is -2.29. The van der Waals surface area contributed by atoms with Gasteiger partial charge in [-0.05, 0) is 36.8 Å². The maximum Gasteiger partial charge on any atom is 0.306 e. The van der Waals surface area contributed by atoms with Crippen LogP contribution in [0.25, 0.3) is 0 Å². The van der Waals surface area contributed by atoms with Gasteiger partial charge in [-0.25, -0.2) is 0 Å². The van der Waals surface area contributed by atoms with E-state index in [0.717, 1.165) is 5.56 Å². The monoisotopic (exact) mass is 327 g/mol. The van der Waals surface area contributed by atoms with Gasteiger partial charge in [0.25, 0.3) is 5.91 Å². The molecule has 0 radical (unpaired) electrons. The van der Waals surface area contributed by atoms with Crippen LogP contribution in [-0.2, 0) is 20.9 Å². The fourth-order valence-corrected chi connectivity index (χ4v) is 1.95. The maximum absolute atomic E-state index is 11.9. The number of rotatable bonds is 7.